The first-order valence-corrected chi connectivity index (χ1v) is 21.7. The zero-order valence-electron chi connectivity index (χ0n) is 36.0. The number of aromatic nitrogens is 2. The van der Waals surface area contributed by atoms with Crippen molar-refractivity contribution >= 4 is 38.1 Å². The predicted molar refractivity (Wildman–Crippen MR) is 235 cm³/mol. The number of ether oxygens (including phenoxy) is 4. The molecule has 6 rings (SSSR count). The lowest BCUT2D eigenvalue weighted by molar-refractivity contribution is -0.118. The van der Waals surface area contributed by atoms with Crippen LogP contribution in [0.1, 0.15) is 71.1 Å². The van der Waals surface area contributed by atoms with Crippen LogP contribution in [-0.2, 0) is 28.9 Å². The first kappa shape index (κ1) is 45.3. The lowest BCUT2D eigenvalue weighted by Gasteiger charge is -2.39. The van der Waals surface area contributed by atoms with Gasteiger partial charge in [-0.1, -0.05) is 68.4 Å². The Hall–Kier alpha value is -5.20. The van der Waals surface area contributed by atoms with Gasteiger partial charge in [-0.05, 0) is 68.7 Å². The smallest absolute Gasteiger partial charge is 0.280 e. The van der Waals surface area contributed by atoms with Crippen molar-refractivity contribution in [3.8, 4) is 17.6 Å². The molecule has 0 saturated carbocycles. The number of anilines is 2. The number of nitrogens with one attached hydrogen (secondary N) is 2. The van der Waals surface area contributed by atoms with Crippen molar-refractivity contribution in [1.29, 1.82) is 5.26 Å². The van der Waals surface area contributed by atoms with Gasteiger partial charge in [0.1, 0.15) is 29.4 Å². The first-order valence-electron chi connectivity index (χ1n) is 20.5. The molecule has 4 aromatic rings. The normalized spacial score (nSPS) is 18.1. The Balaban J connectivity index is 1.44. The second-order valence-electron chi connectivity index (χ2n) is 15.6. The summed E-state index contributed by atoms with van der Waals surface area (Å²) in [5.74, 6) is 1.05. The summed E-state index contributed by atoms with van der Waals surface area (Å²) in [6.45, 7) is 12.4. The molecule has 1 aromatic heterocycles. The number of aliphatic imine (C=N–C) groups is 1. The summed E-state index contributed by atoms with van der Waals surface area (Å²) >= 11 is 0. The van der Waals surface area contributed by atoms with E-state index in [4.69, 9.17) is 28.0 Å². The van der Waals surface area contributed by atoms with Gasteiger partial charge in [-0.2, -0.15) is 10.2 Å². The number of hydrogen-bond acceptors (Lipinski definition) is 13. The Morgan fingerprint density at radius 1 is 0.967 bits per heavy atom. The summed E-state index contributed by atoms with van der Waals surface area (Å²) in [5.41, 5.74) is 1.04. The molecule has 15 nitrogen and oxygen atoms in total. The lowest BCUT2D eigenvalue weighted by Crippen LogP contribution is -2.41. The van der Waals surface area contributed by atoms with Crippen LogP contribution in [0.25, 0.3) is 0 Å². The number of amides is 1. The van der Waals surface area contributed by atoms with Crippen LogP contribution in [0.3, 0.4) is 0 Å². The molecule has 2 N–H and O–H groups in total. The van der Waals surface area contributed by atoms with Gasteiger partial charge in [0.05, 0.1) is 52.6 Å². The maximum absolute atomic E-state index is 13.4. The quantitative estimate of drug-likeness (QED) is 0.0408. The molecule has 0 radical (unpaired) electrons. The fraction of sp³-hybridized carbons (Fsp3) is 0.444. The Bertz CT molecular complexity index is 2140. The Morgan fingerprint density at radius 3 is 2.13 bits per heavy atom. The topological polar surface area (TPSA) is 173 Å². The molecule has 2 unspecified atom stereocenters. The summed E-state index contributed by atoms with van der Waals surface area (Å²) < 4.78 is 41.1. The fourth-order valence-electron chi connectivity index (χ4n) is 7.50. The third kappa shape index (κ3) is 10.3. The number of methoxy groups -OCH3 is 2. The van der Waals surface area contributed by atoms with Gasteiger partial charge in [-0.15, -0.1) is 0 Å². The third-order valence-corrected chi connectivity index (χ3v) is 12.6. The number of rotatable bonds is 19. The molecule has 0 spiro atoms. The van der Waals surface area contributed by atoms with Crippen LogP contribution in [0.5, 0.6) is 11.5 Å². The van der Waals surface area contributed by atoms with Crippen molar-refractivity contribution in [2.45, 2.75) is 90.5 Å². The van der Waals surface area contributed by atoms with E-state index < -0.39 is 38.1 Å². The minimum absolute atomic E-state index is 0.0146. The lowest BCUT2D eigenvalue weighted by atomic mass is 9.80. The summed E-state index contributed by atoms with van der Waals surface area (Å²) in [7, 11) is 1.57. The second-order valence-corrected chi connectivity index (χ2v) is 17.0. The second kappa shape index (κ2) is 20.6. The maximum atomic E-state index is 13.4. The number of carbonyl (C=O) groups is 1. The summed E-state index contributed by atoms with van der Waals surface area (Å²) in [4.78, 5) is 39.6. The Morgan fingerprint density at radius 2 is 1.57 bits per heavy atom. The minimum Gasteiger partial charge on any atom is -0.497 e. The average molecular weight is 859 g/mol. The van der Waals surface area contributed by atoms with E-state index in [1.807, 2.05) is 83.8 Å². The molecule has 0 bridgehead atoms. The number of aromatic amines is 1. The van der Waals surface area contributed by atoms with Gasteiger partial charge in [0.15, 0.2) is 11.5 Å². The molecule has 3 aromatic carbocycles. The van der Waals surface area contributed by atoms with E-state index in [1.54, 1.807) is 34.3 Å². The van der Waals surface area contributed by atoms with Crippen LogP contribution < -0.4 is 25.2 Å². The fourth-order valence-corrected chi connectivity index (χ4v) is 9.26. The molecule has 61 heavy (non-hydrogen) atoms. The van der Waals surface area contributed by atoms with Gasteiger partial charge in [-0.25, -0.2) is 9.66 Å². The molecule has 2 aliphatic heterocycles. The average Bonchev–Trinajstić information content (AvgIpc) is 3.66. The van der Waals surface area contributed by atoms with E-state index in [1.165, 1.54) is 0 Å². The molecule has 0 aliphatic carbocycles. The number of benzene rings is 3. The van der Waals surface area contributed by atoms with E-state index in [0.29, 0.717) is 17.9 Å². The monoisotopic (exact) mass is 858 g/mol. The standard InChI is InChI=1S/C45H56N7O8P/c1-29(2)42(53)49-44-48-41-40(43(54)50-44)47-24-25-51(41)39-27-37(60-61(58-26-12-23-46)52(30(3)4)31(5)6)38(59-39)28-57-45(32-13-10-9-11-14-32,33-15-19-35(55-7)20-16-33)34-17-21-36(56-8)22-18-34/h9-11,13-22,24,29-31,37-39H,12,25-28H2,1-8H3,(H2,48,49,50,53,54)/t37?,38-,39-,61?/m1/s1/i47+1,48+1,49+1,50+1,51+1. The van der Waals surface area contributed by atoms with Crippen LogP contribution in [0.2, 0.25) is 0 Å². The summed E-state index contributed by atoms with van der Waals surface area (Å²) in [5, 5.41) is 12.1. The van der Waals surface area contributed by atoms with E-state index in [-0.39, 0.29) is 67.5 Å². The highest BCUT2D eigenvalue weighted by atomic mass is 31.2. The van der Waals surface area contributed by atoms with Gasteiger partial charge >= 0.3 is 0 Å². The maximum Gasteiger partial charge on any atom is 0.280 e. The van der Waals surface area contributed by atoms with Crippen LogP contribution in [0.15, 0.2) is 88.6 Å². The zero-order chi connectivity index (χ0) is 43.7. The van der Waals surface area contributed by atoms with Gasteiger partial charge in [0.2, 0.25) is 11.9 Å². The predicted octanol–water partition coefficient (Wildman–Crippen LogP) is 7.69. The summed E-state index contributed by atoms with van der Waals surface area (Å²) in [6, 6.07) is 27.9. The molecular weight excluding hydrogens is 802 g/mol. The Labute approximate surface area is 359 Å². The molecule has 2 aliphatic rings. The van der Waals surface area contributed by atoms with Crippen molar-refractivity contribution in [1.82, 2.24) is 14.6 Å². The molecule has 1 fully saturated rings. The van der Waals surface area contributed by atoms with Crippen molar-refractivity contribution in [2.24, 2.45) is 10.9 Å². The molecule has 1 saturated heterocycles. The third-order valence-electron chi connectivity index (χ3n) is 10.5. The van der Waals surface area contributed by atoms with Crippen LogP contribution in [-0.4, -0.2) is 91.3 Å². The number of H-pyrrole nitrogens is 1. The SMILES string of the molecule is COc1ccc(C(OC[C@H]2O[C@@H]([15N]3CC=[15N]c4c3[15n]c([15NH]C(=O)C(C)C)[15nH]c4=O)CC2OP(OCCC#N)N(C(C)C)C(C)C)(c2ccccc2)c2ccc(OC)cc2)cc1. The number of carbonyl (C=O) groups excluding carboxylic acids is 1. The van der Waals surface area contributed by atoms with Gasteiger partial charge in [0, 0.05) is 30.6 Å². The zero-order valence-corrected chi connectivity index (χ0v) is 36.9. The molecule has 4 atom stereocenters. The highest BCUT2D eigenvalue weighted by Gasteiger charge is 2.46. The summed E-state index contributed by atoms with van der Waals surface area (Å²) in [6.07, 6.45) is 0.230. The van der Waals surface area contributed by atoms with E-state index in [2.05, 4.69) is 58.7 Å². The van der Waals surface area contributed by atoms with E-state index in [9.17, 15) is 14.9 Å². The highest BCUT2D eigenvalue weighted by Crippen LogP contribution is 2.50. The molecule has 3 heterocycles. The van der Waals surface area contributed by atoms with Crippen LogP contribution >= 0.6 is 8.53 Å². The van der Waals surface area contributed by atoms with Gasteiger partial charge in [0.25, 0.3) is 14.1 Å². The van der Waals surface area contributed by atoms with Crippen molar-refractivity contribution in [3.05, 3.63) is 106 Å². The highest BCUT2D eigenvalue weighted by molar-refractivity contribution is 7.44. The van der Waals surface area contributed by atoms with Crippen molar-refractivity contribution in [2.75, 3.05) is 44.2 Å². The number of nitriles is 1. The van der Waals surface area contributed by atoms with Gasteiger partial charge in [-0.3, -0.25) is 19.9 Å². The Kier molecular flexibility index (Phi) is 15.3. The molecular formula is C45H56N7O8P. The largest absolute Gasteiger partial charge is 0.497 e. The first-order chi connectivity index (χ1) is 29.4. The number of fused-ring (bicyclic) bond motifs is 1. The van der Waals surface area contributed by atoms with Crippen LogP contribution in [0.4, 0.5) is 17.5 Å². The number of nitrogens with zero attached hydrogens (tertiary/aromatic N) is 5. The van der Waals surface area contributed by atoms with E-state index in [0.717, 1.165) is 16.7 Å². The molecule has 16 heteroatoms. The number of hydrogen-bond donors (Lipinski definition) is 2. The minimum atomic E-state index is -1.69. The van der Waals surface area contributed by atoms with Gasteiger partial charge < -0.3 is 32.9 Å². The van der Waals surface area contributed by atoms with E-state index >= 15 is 0 Å². The van der Waals surface area contributed by atoms with Crippen molar-refractivity contribution in [3.63, 3.8) is 0 Å². The van der Waals surface area contributed by atoms with Crippen LogP contribution in [0, 0.1) is 17.2 Å². The van der Waals surface area contributed by atoms with Crippen molar-refractivity contribution < 1.29 is 32.8 Å². The molecule has 324 valence electrons. The molecule has 1 amide bonds.